The molecule has 2 aromatic heterocycles. The summed E-state index contributed by atoms with van der Waals surface area (Å²) in [6, 6.07) is 7.34. The molecule has 0 aliphatic carbocycles. The number of nitrogens with zero attached hydrogens (tertiary/aromatic N) is 3. The van der Waals surface area contributed by atoms with Crippen LogP contribution in [0.25, 0.3) is 0 Å². The molecule has 0 bridgehead atoms. The average Bonchev–Trinajstić information content (AvgIpc) is 2.62. The summed E-state index contributed by atoms with van der Waals surface area (Å²) in [4.78, 5) is 8.65. The van der Waals surface area contributed by atoms with Gasteiger partial charge < -0.3 is 0 Å². The van der Waals surface area contributed by atoms with E-state index in [4.69, 9.17) is 0 Å². The number of rotatable bonds is 5. The highest BCUT2D eigenvalue weighted by Crippen LogP contribution is 2.24. The molecule has 0 aromatic carbocycles. The molecule has 1 saturated heterocycles. The quantitative estimate of drug-likeness (QED) is 0.777. The molecular weight excluding hydrogens is 330 g/mol. The van der Waals surface area contributed by atoms with E-state index in [0.29, 0.717) is 13.1 Å². The minimum Gasteiger partial charge on any atom is -0.264 e. The zero-order valence-electron chi connectivity index (χ0n) is 12.8. The van der Waals surface area contributed by atoms with Crippen molar-refractivity contribution in [3.63, 3.8) is 0 Å². The van der Waals surface area contributed by atoms with Crippen molar-refractivity contribution in [2.75, 3.05) is 13.1 Å². The molecule has 0 spiro atoms. The Bertz CT molecular complexity index is 728. The maximum Gasteiger partial charge on any atom is 0.244 e. The smallest absolute Gasteiger partial charge is 0.244 e. The fraction of sp³-hybridized carbons (Fsp3) is 0.375. The summed E-state index contributed by atoms with van der Waals surface area (Å²) in [6.45, 7) is 1.22. The molecule has 23 heavy (non-hydrogen) atoms. The van der Waals surface area contributed by atoms with Gasteiger partial charge in [0.15, 0.2) is 0 Å². The lowest BCUT2D eigenvalue weighted by molar-refractivity contribution is 0.346. The van der Waals surface area contributed by atoms with Crippen molar-refractivity contribution in [1.82, 2.24) is 14.3 Å². The maximum atomic E-state index is 12.5. The highest BCUT2D eigenvalue weighted by molar-refractivity contribution is 7.98. The minimum absolute atomic E-state index is 0.283. The zero-order chi connectivity index (χ0) is 16.1. The summed E-state index contributed by atoms with van der Waals surface area (Å²) in [5.74, 6) is 0.763. The summed E-state index contributed by atoms with van der Waals surface area (Å²) in [7, 11) is -3.39. The van der Waals surface area contributed by atoms with Crippen molar-refractivity contribution in [3.8, 4) is 0 Å². The molecule has 0 saturated carbocycles. The van der Waals surface area contributed by atoms with Crippen molar-refractivity contribution in [2.24, 2.45) is 0 Å². The van der Waals surface area contributed by atoms with Crippen molar-refractivity contribution in [1.29, 1.82) is 0 Å². The highest BCUT2D eigenvalue weighted by Gasteiger charge is 2.26. The van der Waals surface area contributed by atoms with Gasteiger partial charge in [0.25, 0.3) is 0 Å². The van der Waals surface area contributed by atoms with Gasteiger partial charge in [-0.1, -0.05) is 12.5 Å². The van der Waals surface area contributed by atoms with E-state index in [1.165, 1.54) is 6.20 Å². The zero-order valence-corrected chi connectivity index (χ0v) is 14.4. The summed E-state index contributed by atoms with van der Waals surface area (Å²) in [6.07, 6.45) is 8.01. The molecule has 1 aliphatic rings. The molecule has 0 radical (unpaired) electrons. The molecule has 1 fully saturated rings. The average molecular weight is 349 g/mol. The van der Waals surface area contributed by atoms with E-state index in [1.807, 2.05) is 18.3 Å². The molecule has 0 amide bonds. The fourth-order valence-corrected chi connectivity index (χ4v) is 4.74. The fourth-order valence-electron chi connectivity index (χ4n) is 2.50. The number of sulfonamides is 1. The molecule has 1 aliphatic heterocycles. The SMILES string of the molecule is O=S(=O)(c1ccc(SCc2cccnc2)nc1)N1CCCCC1. The van der Waals surface area contributed by atoms with Crippen LogP contribution in [-0.4, -0.2) is 35.8 Å². The van der Waals surface area contributed by atoms with Crippen LogP contribution in [0.3, 0.4) is 0 Å². The predicted octanol–water partition coefficient (Wildman–Crippen LogP) is 2.94. The first kappa shape index (κ1) is 16.4. The second kappa shape index (κ2) is 7.42. The maximum absolute atomic E-state index is 12.5. The van der Waals surface area contributed by atoms with Crippen molar-refractivity contribution in [2.45, 2.75) is 34.9 Å². The van der Waals surface area contributed by atoms with E-state index in [2.05, 4.69) is 9.97 Å². The van der Waals surface area contributed by atoms with Crippen LogP contribution in [0.15, 0.2) is 52.8 Å². The van der Waals surface area contributed by atoms with E-state index < -0.39 is 10.0 Å². The Labute approximate surface area is 141 Å². The number of hydrogen-bond acceptors (Lipinski definition) is 5. The number of pyridine rings is 2. The van der Waals surface area contributed by atoms with Crippen LogP contribution >= 0.6 is 11.8 Å². The van der Waals surface area contributed by atoms with Gasteiger partial charge in [-0.3, -0.25) is 4.98 Å². The summed E-state index contributed by atoms with van der Waals surface area (Å²) >= 11 is 1.57. The van der Waals surface area contributed by atoms with Crippen LogP contribution < -0.4 is 0 Å². The van der Waals surface area contributed by atoms with Gasteiger partial charge in [-0.15, -0.1) is 11.8 Å². The van der Waals surface area contributed by atoms with Gasteiger partial charge in [0.1, 0.15) is 4.90 Å². The summed E-state index contributed by atoms with van der Waals surface area (Å²) in [5, 5.41) is 0.812. The van der Waals surface area contributed by atoms with Gasteiger partial charge in [0, 0.05) is 37.4 Å². The third-order valence-corrected chi connectivity index (χ3v) is 6.67. The molecule has 3 heterocycles. The largest absolute Gasteiger partial charge is 0.264 e. The highest BCUT2D eigenvalue weighted by atomic mass is 32.2. The van der Waals surface area contributed by atoms with Crippen molar-refractivity contribution in [3.05, 3.63) is 48.4 Å². The van der Waals surface area contributed by atoms with Crippen LogP contribution in [0.2, 0.25) is 0 Å². The first-order chi connectivity index (χ1) is 11.2. The lowest BCUT2D eigenvalue weighted by atomic mass is 10.2. The van der Waals surface area contributed by atoms with Crippen LogP contribution in [0, 0.1) is 0 Å². The van der Waals surface area contributed by atoms with Crippen LogP contribution in [0.5, 0.6) is 0 Å². The van der Waals surface area contributed by atoms with E-state index in [1.54, 1.807) is 34.4 Å². The van der Waals surface area contributed by atoms with Gasteiger partial charge in [-0.05, 0) is 36.6 Å². The third kappa shape index (κ3) is 4.10. The number of aromatic nitrogens is 2. The van der Waals surface area contributed by atoms with E-state index >= 15 is 0 Å². The van der Waals surface area contributed by atoms with E-state index in [9.17, 15) is 8.42 Å². The molecule has 0 atom stereocenters. The summed E-state index contributed by atoms with van der Waals surface area (Å²) < 4.78 is 26.7. The monoisotopic (exact) mass is 349 g/mol. The Morgan fingerprint density at radius 1 is 1.09 bits per heavy atom. The minimum atomic E-state index is -3.39. The normalized spacial score (nSPS) is 16.3. The molecule has 2 aromatic rings. The molecule has 0 unspecified atom stereocenters. The molecule has 5 nitrogen and oxygen atoms in total. The Hall–Kier alpha value is -1.44. The summed E-state index contributed by atoms with van der Waals surface area (Å²) in [5.41, 5.74) is 1.12. The Kier molecular flexibility index (Phi) is 5.30. The molecule has 3 rings (SSSR count). The van der Waals surface area contributed by atoms with Crippen LogP contribution in [0.4, 0.5) is 0 Å². The molecular formula is C16H19N3O2S2. The van der Waals surface area contributed by atoms with Gasteiger partial charge >= 0.3 is 0 Å². The van der Waals surface area contributed by atoms with E-state index in [-0.39, 0.29) is 4.90 Å². The van der Waals surface area contributed by atoms with Crippen molar-refractivity contribution < 1.29 is 8.42 Å². The van der Waals surface area contributed by atoms with Crippen molar-refractivity contribution >= 4 is 21.8 Å². The van der Waals surface area contributed by atoms with Crippen LogP contribution in [0.1, 0.15) is 24.8 Å². The number of hydrogen-bond donors (Lipinski definition) is 0. The predicted molar refractivity (Wildman–Crippen MR) is 90.6 cm³/mol. The third-order valence-electron chi connectivity index (χ3n) is 3.77. The first-order valence-electron chi connectivity index (χ1n) is 7.64. The topological polar surface area (TPSA) is 63.2 Å². The van der Waals surface area contributed by atoms with Gasteiger partial charge in [0.2, 0.25) is 10.0 Å². The van der Waals surface area contributed by atoms with Gasteiger partial charge in [-0.25, -0.2) is 13.4 Å². The molecule has 122 valence electrons. The second-order valence-electron chi connectivity index (χ2n) is 5.45. The second-order valence-corrected chi connectivity index (χ2v) is 8.38. The molecule has 0 N–H and O–H groups in total. The molecule has 7 heteroatoms. The van der Waals surface area contributed by atoms with Gasteiger partial charge in [-0.2, -0.15) is 4.31 Å². The van der Waals surface area contributed by atoms with E-state index in [0.717, 1.165) is 35.6 Å². The van der Waals surface area contributed by atoms with Crippen LogP contribution in [-0.2, 0) is 15.8 Å². The lowest BCUT2D eigenvalue weighted by Crippen LogP contribution is -2.35. The number of piperidine rings is 1. The lowest BCUT2D eigenvalue weighted by Gasteiger charge is -2.25. The first-order valence-corrected chi connectivity index (χ1v) is 10.1. The standard InChI is InChI=1S/C16H19N3O2S2/c20-23(21,19-9-2-1-3-10-19)15-6-7-16(18-12-15)22-13-14-5-4-8-17-11-14/h4-8,11-12H,1-3,9-10,13H2. The number of thioether (sulfide) groups is 1. The Balaban J connectivity index is 1.66. The van der Waals surface area contributed by atoms with Gasteiger partial charge in [0.05, 0.1) is 5.03 Å². The Morgan fingerprint density at radius 2 is 1.91 bits per heavy atom. The Morgan fingerprint density at radius 3 is 2.57 bits per heavy atom.